The first kappa shape index (κ1) is 32.0. The zero-order valence-corrected chi connectivity index (χ0v) is 23.8. The van der Waals surface area contributed by atoms with Gasteiger partial charge >= 0.3 is 0 Å². The Morgan fingerprint density at radius 3 is 2.50 bits per heavy atom. The molecule has 0 spiro atoms. The second-order valence-electron chi connectivity index (χ2n) is 10.6. The number of benzene rings is 1. The van der Waals surface area contributed by atoms with Crippen LogP contribution in [0.15, 0.2) is 12.1 Å². The van der Waals surface area contributed by atoms with Gasteiger partial charge in [0.15, 0.2) is 11.9 Å². The van der Waals surface area contributed by atoms with E-state index in [-0.39, 0.29) is 48.7 Å². The molecule has 42 heavy (non-hydrogen) atoms. The maximum absolute atomic E-state index is 13.7. The van der Waals surface area contributed by atoms with E-state index in [9.17, 15) is 24.3 Å². The van der Waals surface area contributed by atoms with Gasteiger partial charge in [0, 0.05) is 44.2 Å². The summed E-state index contributed by atoms with van der Waals surface area (Å²) in [5.41, 5.74) is 12.7. The van der Waals surface area contributed by atoms with Gasteiger partial charge in [-0.1, -0.05) is 0 Å². The summed E-state index contributed by atoms with van der Waals surface area (Å²) in [6.07, 6.45) is 3.30. The Balaban J connectivity index is 1.63. The number of amides is 4. The minimum absolute atomic E-state index is 0.0397. The largest absolute Gasteiger partial charge is 0.508 e. The number of hydrogen-bond acceptors (Lipinski definition) is 7. The summed E-state index contributed by atoms with van der Waals surface area (Å²) in [5, 5.41) is 38.0. The van der Waals surface area contributed by atoms with Crippen LogP contribution in [0.5, 0.6) is 5.75 Å². The number of unbranched alkanes of at least 4 members (excludes halogenated alkanes) is 1. The van der Waals surface area contributed by atoms with Crippen molar-refractivity contribution in [3.05, 3.63) is 23.3 Å². The number of carbonyl (C=O) groups is 4. The monoisotopic (exact) mass is 586 g/mol. The minimum Gasteiger partial charge on any atom is -0.508 e. The molecule has 2 heterocycles. The second kappa shape index (κ2) is 14.9. The number of likely N-dealkylation sites (tertiary alicyclic amines) is 1. The number of phenols is 1. The molecule has 1 aromatic carbocycles. The van der Waals surface area contributed by atoms with Gasteiger partial charge < -0.3 is 48.1 Å². The van der Waals surface area contributed by atoms with Gasteiger partial charge in [0.2, 0.25) is 23.6 Å². The van der Waals surface area contributed by atoms with Crippen LogP contribution in [-0.4, -0.2) is 83.3 Å². The molecule has 0 aliphatic carbocycles. The van der Waals surface area contributed by atoms with Gasteiger partial charge in [-0.25, -0.2) is 0 Å². The Morgan fingerprint density at radius 2 is 1.81 bits per heavy atom. The minimum atomic E-state index is -0.879. The highest BCUT2D eigenvalue weighted by atomic mass is 16.3. The summed E-state index contributed by atoms with van der Waals surface area (Å²) in [6.45, 7) is 2.95. The molecule has 4 amide bonds. The van der Waals surface area contributed by atoms with E-state index < -0.39 is 29.9 Å². The molecule has 0 radical (unpaired) electrons. The third-order valence-electron chi connectivity index (χ3n) is 7.36. The van der Waals surface area contributed by atoms with Crippen LogP contribution < -0.4 is 38.1 Å². The normalized spacial score (nSPS) is 18.3. The predicted molar refractivity (Wildman–Crippen MR) is 157 cm³/mol. The van der Waals surface area contributed by atoms with Crippen molar-refractivity contribution in [1.82, 2.24) is 26.2 Å². The molecule has 0 bridgehead atoms. The summed E-state index contributed by atoms with van der Waals surface area (Å²) >= 11 is 0. The number of rotatable bonds is 13. The van der Waals surface area contributed by atoms with Gasteiger partial charge in [0.05, 0.1) is 0 Å². The third kappa shape index (κ3) is 8.97. The number of anilines is 1. The van der Waals surface area contributed by atoms with E-state index >= 15 is 0 Å². The van der Waals surface area contributed by atoms with E-state index in [1.807, 2.05) is 6.92 Å². The molecule has 1 fully saturated rings. The zero-order chi connectivity index (χ0) is 30.8. The van der Waals surface area contributed by atoms with Crippen molar-refractivity contribution in [3.8, 4) is 5.75 Å². The lowest BCUT2D eigenvalue weighted by Gasteiger charge is -2.31. The molecular weight excluding hydrogens is 544 g/mol. The van der Waals surface area contributed by atoms with Gasteiger partial charge in [0.1, 0.15) is 23.9 Å². The highest BCUT2D eigenvalue weighted by molar-refractivity contribution is 6.01. The van der Waals surface area contributed by atoms with Crippen molar-refractivity contribution >= 4 is 41.2 Å². The van der Waals surface area contributed by atoms with Crippen molar-refractivity contribution in [1.29, 1.82) is 10.8 Å². The Hall–Kier alpha value is -4.56. The van der Waals surface area contributed by atoms with Crippen molar-refractivity contribution < 1.29 is 24.3 Å². The number of fused-ring (bicyclic) bond motifs is 1. The lowest BCUT2D eigenvalue weighted by Crippen LogP contribution is -2.56. The molecule has 3 rings (SSSR count). The quantitative estimate of drug-likeness (QED) is 0.0777. The fraction of sp³-hybridized carbons (Fsp3) is 0.556. The van der Waals surface area contributed by atoms with E-state index in [0.717, 1.165) is 11.1 Å². The summed E-state index contributed by atoms with van der Waals surface area (Å²) < 4.78 is 0. The van der Waals surface area contributed by atoms with Crippen LogP contribution >= 0.6 is 0 Å². The van der Waals surface area contributed by atoms with Crippen LogP contribution in [0.4, 0.5) is 5.69 Å². The lowest BCUT2D eigenvalue weighted by molar-refractivity contribution is -0.142. The molecule has 0 saturated carbocycles. The maximum Gasteiger partial charge on any atom is 0.247 e. The molecular formula is C27H42N10O5. The van der Waals surface area contributed by atoms with Gasteiger partial charge in [-0.2, -0.15) is 0 Å². The number of guanidine groups is 2. The Labute approximate surface area is 244 Å². The van der Waals surface area contributed by atoms with Gasteiger partial charge in [0.25, 0.3) is 0 Å². The van der Waals surface area contributed by atoms with Gasteiger partial charge in [-0.15, -0.1) is 0 Å². The summed E-state index contributed by atoms with van der Waals surface area (Å²) in [4.78, 5) is 53.9. The Kier molecular flexibility index (Phi) is 11.3. The number of aryl methyl sites for hydroxylation is 1. The second-order valence-corrected chi connectivity index (χ2v) is 10.6. The molecule has 0 unspecified atom stereocenters. The van der Waals surface area contributed by atoms with Crippen molar-refractivity contribution in [2.24, 2.45) is 11.5 Å². The van der Waals surface area contributed by atoms with E-state index in [1.54, 1.807) is 6.07 Å². The van der Waals surface area contributed by atoms with Gasteiger partial charge in [-0.05, 0) is 62.6 Å². The van der Waals surface area contributed by atoms with Gasteiger partial charge in [-0.3, -0.25) is 30.0 Å². The predicted octanol–water partition coefficient (Wildman–Crippen LogP) is -0.928. The molecule has 2 aliphatic rings. The first-order valence-electron chi connectivity index (χ1n) is 14.2. The summed E-state index contributed by atoms with van der Waals surface area (Å²) in [5.74, 6) is -1.84. The number of nitrogens with one attached hydrogen (secondary N) is 7. The highest BCUT2D eigenvalue weighted by Crippen LogP contribution is 2.30. The highest BCUT2D eigenvalue weighted by Gasteiger charge is 2.39. The number of nitrogens with zero attached hydrogens (tertiary/aromatic N) is 1. The van der Waals surface area contributed by atoms with Crippen LogP contribution in [-0.2, 0) is 25.6 Å². The maximum atomic E-state index is 13.7. The van der Waals surface area contributed by atoms with Crippen LogP contribution in [0.2, 0.25) is 0 Å². The standard InChI is InChI=1S/C27H42N10O5/c1-15-12-16(38)13-19-17(15)14-20(23(40)35-19)36-24(41)21-7-5-11-37(21)25(42)18(6-4-10-33-27(30)31)34-22(39)8-2-3-9-32-26(28)29/h12-13,18,20-21,38H,2-11,14H2,1H3,(H,34,39)(H,35,40)(H,36,41)(H4,28,29,32)(H4,30,31,33)/t18-,20-,21-/m0/s1. The number of hydrogen-bond donors (Lipinski definition) is 10. The van der Waals surface area contributed by atoms with Crippen molar-refractivity contribution in [2.75, 3.05) is 25.0 Å². The Morgan fingerprint density at radius 1 is 1.12 bits per heavy atom. The van der Waals surface area contributed by atoms with Crippen LogP contribution in [0.25, 0.3) is 0 Å². The van der Waals surface area contributed by atoms with Crippen molar-refractivity contribution in [2.45, 2.75) is 76.4 Å². The molecule has 15 nitrogen and oxygen atoms in total. The number of nitrogens with two attached hydrogens (primary N) is 2. The molecule has 230 valence electrons. The lowest BCUT2D eigenvalue weighted by atomic mass is 9.94. The SMILES string of the molecule is Cc1cc(O)cc2c1C[C@H](NC(=O)[C@@H]1CCCN1C(=O)[C@H](CCCNC(=N)N)NC(=O)CCCCNC(=N)N)C(=O)N2. The first-order valence-corrected chi connectivity index (χ1v) is 14.2. The Bertz CT molecular complexity index is 1210. The molecule has 1 saturated heterocycles. The van der Waals surface area contributed by atoms with E-state index in [4.69, 9.17) is 22.3 Å². The first-order chi connectivity index (χ1) is 20.0. The molecule has 15 heteroatoms. The molecule has 0 aromatic heterocycles. The molecule has 1 aromatic rings. The van der Waals surface area contributed by atoms with Crippen LogP contribution in [0, 0.1) is 17.7 Å². The van der Waals surface area contributed by atoms with Crippen LogP contribution in [0.1, 0.15) is 56.1 Å². The summed E-state index contributed by atoms with van der Waals surface area (Å²) in [6, 6.07) is 0.557. The van der Waals surface area contributed by atoms with E-state index in [2.05, 4.69) is 26.6 Å². The van der Waals surface area contributed by atoms with E-state index in [0.29, 0.717) is 57.4 Å². The van der Waals surface area contributed by atoms with Crippen molar-refractivity contribution in [3.63, 3.8) is 0 Å². The third-order valence-corrected chi connectivity index (χ3v) is 7.36. The average molecular weight is 587 g/mol. The smallest absolute Gasteiger partial charge is 0.247 e. The zero-order valence-electron chi connectivity index (χ0n) is 23.8. The summed E-state index contributed by atoms with van der Waals surface area (Å²) in [7, 11) is 0. The average Bonchev–Trinajstić information content (AvgIpc) is 3.40. The number of carbonyl (C=O) groups excluding carboxylic acids is 4. The number of phenolic OH excluding ortho intramolecular Hbond substituents is 1. The fourth-order valence-electron chi connectivity index (χ4n) is 5.27. The topological polar surface area (TPSA) is 252 Å². The molecule has 3 atom stereocenters. The molecule has 12 N–H and O–H groups in total. The van der Waals surface area contributed by atoms with E-state index in [1.165, 1.54) is 11.0 Å². The fourth-order valence-corrected chi connectivity index (χ4v) is 5.27. The number of aromatic hydroxyl groups is 1. The van der Waals surface area contributed by atoms with Crippen LogP contribution in [0.3, 0.4) is 0 Å². The molecule has 2 aliphatic heterocycles.